The molecule has 0 aliphatic rings. The topological polar surface area (TPSA) is 83.5 Å². The standard InChI is InChI=1S/C10H11NO3/c11-9(10(13)14)6-3-7-1-4-8(12)5-2-7/h1-2,4-6,12H,3,11H2,(H,13,14)/b9-6+. The maximum Gasteiger partial charge on any atom is 0.351 e. The number of allylic oxidation sites excluding steroid dienone is 1. The normalized spacial score (nSPS) is 11.3. The molecule has 4 heteroatoms. The highest BCUT2D eigenvalue weighted by Crippen LogP contribution is 2.10. The predicted octanol–water partition coefficient (Wildman–Crippen LogP) is 0.862. The SMILES string of the molecule is N/C(=C/Cc1ccc(O)cc1)C(=O)O. The molecule has 14 heavy (non-hydrogen) atoms. The largest absolute Gasteiger partial charge is 0.508 e. The minimum atomic E-state index is -1.12. The molecule has 0 spiro atoms. The average molecular weight is 193 g/mol. The molecule has 4 N–H and O–H groups in total. The maximum atomic E-state index is 10.3. The van der Waals surface area contributed by atoms with E-state index in [-0.39, 0.29) is 11.4 Å². The summed E-state index contributed by atoms with van der Waals surface area (Å²) in [6.07, 6.45) is 1.87. The molecule has 74 valence electrons. The van der Waals surface area contributed by atoms with Crippen LogP contribution < -0.4 is 5.73 Å². The highest BCUT2D eigenvalue weighted by molar-refractivity contribution is 5.85. The van der Waals surface area contributed by atoms with Gasteiger partial charge in [0.05, 0.1) is 0 Å². The third-order valence-corrected chi connectivity index (χ3v) is 1.74. The summed E-state index contributed by atoms with van der Waals surface area (Å²) in [5.41, 5.74) is 5.93. The third-order valence-electron chi connectivity index (χ3n) is 1.74. The molecule has 0 bridgehead atoms. The van der Waals surface area contributed by atoms with Crippen molar-refractivity contribution in [3.63, 3.8) is 0 Å². The minimum Gasteiger partial charge on any atom is -0.508 e. The van der Waals surface area contributed by atoms with Gasteiger partial charge in [0.25, 0.3) is 0 Å². The number of hydrogen-bond donors (Lipinski definition) is 3. The number of nitrogens with two attached hydrogens (primary N) is 1. The Labute approximate surface area is 81.3 Å². The van der Waals surface area contributed by atoms with Gasteiger partial charge in [0.1, 0.15) is 11.4 Å². The number of carbonyl (C=O) groups is 1. The lowest BCUT2D eigenvalue weighted by molar-refractivity contribution is -0.132. The van der Waals surface area contributed by atoms with Crippen LogP contribution in [0.2, 0.25) is 0 Å². The van der Waals surface area contributed by atoms with Gasteiger partial charge in [-0.1, -0.05) is 12.1 Å². The summed E-state index contributed by atoms with van der Waals surface area (Å²) < 4.78 is 0. The summed E-state index contributed by atoms with van der Waals surface area (Å²) in [6, 6.07) is 6.50. The molecule has 0 saturated carbocycles. The smallest absolute Gasteiger partial charge is 0.351 e. The van der Waals surface area contributed by atoms with Crippen LogP contribution in [0.1, 0.15) is 5.56 Å². The molecular weight excluding hydrogens is 182 g/mol. The Hall–Kier alpha value is -1.97. The van der Waals surface area contributed by atoms with Crippen molar-refractivity contribution in [2.45, 2.75) is 6.42 Å². The molecule has 0 heterocycles. The molecule has 0 saturated heterocycles. The molecule has 1 rings (SSSR count). The summed E-state index contributed by atoms with van der Waals surface area (Å²) >= 11 is 0. The van der Waals surface area contributed by atoms with E-state index >= 15 is 0 Å². The molecule has 0 aromatic heterocycles. The number of phenols is 1. The second kappa shape index (κ2) is 4.32. The summed E-state index contributed by atoms with van der Waals surface area (Å²) in [5.74, 6) is -0.937. The quantitative estimate of drug-likeness (QED) is 0.622. The number of benzene rings is 1. The van der Waals surface area contributed by atoms with Crippen molar-refractivity contribution in [3.05, 3.63) is 41.6 Å². The van der Waals surface area contributed by atoms with E-state index in [1.807, 2.05) is 0 Å². The summed E-state index contributed by atoms with van der Waals surface area (Å²) in [5, 5.41) is 17.5. The number of carboxylic acid groups (broad SMARTS) is 1. The van der Waals surface area contributed by atoms with Crippen molar-refractivity contribution < 1.29 is 15.0 Å². The highest BCUT2D eigenvalue weighted by Gasteiger charge is 1.99. The second-order valence-electron chi connectivity index (χ2n) is 2.84. The molecule has 0 aliphatic heterocycles. The first-order valence-electron chi connectivity index (χ1n) is 4.06. The van der Waals surface area contributed by atoms with E-state index in [1.165, 1.54) is 6.08 Å². The van der Waals surface area contributed by atoms with Crippen LogP contribution in [0, 0.1) is 0 Å². The first kappa shape index (κ1) is 10.1. The fourth-order valence-electron chi connectivity index (χ4n) is 0.947. The van der Waals surface area contributed by atoms with Crippen molar-refractivity contribution in [1.82, 2.24) is 0 Å². The van der Waals surface area contributed by atoms with E-state index in [2.05, 4.69) is 0 Å². The van der Waals surface area contributed by atoms with Gasteiger partial charge >= 0.3 is 5.97 Å². The molecule has 0 atom stereocenters. The van der Waals surface area contributed by atoms with Crippen LogP contribution in [0.4, 0.5) is 0 Å². The van der Waals surface area contributed by atoms with Crippen LogP contribution >= 0.6 is 0 Å². The van der Waals surface area contributed by atoms with E-state index in [1.54, 1.807) is 24.3 Å². The van der Waals surface area contributed by atoms with Crippen molar-refractivity contribution in [2.75, 3.05) is 0 Å². The molecular formula is C10H11NO3. The molecule has 0 fully saturated rings. The number of phenolic OH excluding ortho intramolecular Hbond substituents is 1. The van der Waals surface area contributed by atoms with Gasteiger partial charge in [-0.3, -0.25) is 0 Å². The minimum absolute atomic E-state index is 0.168. The third kappa shape index (κ3) is 2.82. The van der Waals surface area contributed by atoms with Crippen molar-refractivity contribution >= 4 is 5.97 Å². The van der Waals surface area contributed by atoms with Crippen LogP contribution in [0.15, 0.2) is 36.0 Å². The molecule has 0 radical (unpaired) electrons. The van der Waals surface area contributed by atoms with Crippen LogP contribution in [0.5, 0.6) is 5.75 Å². The highest BCUT2D eigenvalue weighted by atomic mass is 16.4. The number of aromatic hydroxyl groups is 1. The predicted molar refractivity (Wildman–Crippen MR) is 51.7 cm³/mol. The van der Waals surface area contributed by atoms with Gasteiger partial charge in [0.15, 0.2) is 0 Å². The first-order chi connectivity index (χ1) is 6.59. The van der Waals surface area contributed by atoms with Gasteiger partial charge in [0, 0.05) is 0 Å². The van der Waals surface area contributed by atoms with Gasteiger partial charge in [-0.25, -0.2) is 4.79 Å². The number of carboxylic acids is 1. The van der Waals surface area contributed by atoms with Gasteiger partial charge in [-0.05, 0) is 30.2 Å². The zero-order valence-corrected chi connectivity index (χ0v) is 7.47. The zero-order chi connectivity index (χ0) is 10.6. The summed E-state index contributed by atoms with van der Waals surface area (Å²) in [4.78, 5) is 10.3. The molecule has 0 amide bonds. The van der Waals surface area contributed by atoms with Crippen LogP contribution in [-0.4, -0.2) is 16.2 Å². The Morgan fingerprint density at radius 3 is 2.43 bits per heavy atom. The van der Waals surface area contributed by atoms with Gasteiger partial charge < -0.3 is 15.9 Å². The zero-order valence-electron chi connectivity index (χ0n) is 7.47. The van der Waals surface area contributed by atoms with E-state index in [9.17, 15) is 4.79 Å². The average Bonchev–Trinajstić information content (AvgIpc) is 2.16. The van der Waals surface area contributed by atoms with E-state index < -0.39 is 5.97 Å². The van der Waals surface area contributed by atoms with Gasteiger partial charge in [0.2, 0.25) is 0 Å². The Morgan fingerprint density at radius 1 is 1.36 bits per heavy atom. The summed E-state index contributed by atoms with van der Waals surface area (Å²) in [7, 11) is 0. The lowest BCUT2D eigenvalue weighted by Gasteiger charge is -1.97. The van der Waals surface area contributed by atoms with Crippen LogP contribution in [0.3, 0.4) is 0 Å². The molecule has 1 aromatic carbocycles. The Kier molecular flexibility index (Phi) is 3.12. The number of rotatable bonds is 3. The molecule has 4 nitrogen and oxygen atoms in total. The van der Waals surface area contributed by atoms with Crippen molar-refractivity contribution in [3.8, 4) is 5.75 Å². The fourth-order valence-corrected chi connectivity index (χ4v) is 0.947. The molecule has 0 unspecified atom stereocenters. The molecule has 0 aliphatic carbocycles. The Balaban J connectivity index is 2.66. The number of hydrogen-bond acceptors (Lipinski definition) is 3. The van der Waals surface area contributed by atoms with E-state index in [0.29, 0.717) is 6.42 Å². The van der Waals surface area contributed by atoms with Crippen LogP contribution in [0.25, 0.3) is 0 Å². The van der Waals surface area contributed by atoms with Gasteiger partial charge in [-0.15, -0.1) is 0 Å². The van der Waals surface area contributed by atoms with Crippen LogP contribution in [-0.2, 0) is 11.2 Å². The monoisotopic (exact) mass is 193 g/mol. The Bertz CT molecular complexity index is 354. The fraction of sp³-hybridized carbons (Fsp3) is 0.100. The molecule has 1 aromatic rings. The lowest BCUT2D eigenvalue weighted by atomic mass is 10.1. The first-order valence-corrected chi connectivity index (χ1v) is 4.06. The second-order valence-corrected chi connectivity index (χ2v) is 2.84. The van der Waals surface area contributed by atoms with Crippen molar-refractivity contribution in [1.29, 1.82) is 0 Å². The number of aliphatic carboxylic acids is 1. The van der Waals surface area contributed by atoms with Crippen molar-refractivity contribution in [2.24, 2.45) is 5.73 Å². The summed E-state index contributed by atoms with van der Waals surface area (Å²) in [6.45, 7) is 0. The van der Waals surface area contributed by atoms with E-state index in [0.717, 1.165) is 5.56 Å². The van der Waals surface area contributed by atoms with Gasteiger partial charge in [-0.2, -0.15) is 0 Å². The van der Waals surface area contributed by atoms with E-state index in [4.69, 9.17) is 15.9 Å². The maximum absolute atomic E-state index is 10.3. The lowest BCUT2D eigenvalue weighted by Crippen LogP contribution is -2.09. The Morgan fingerprint density at radius 2 is 1.93 bits per heavy atom.